The van der Waals surface area contributed by atoms with Gasteiger partial charge in [0.1, 0.15) is 0 Å². The van der Waals surface area contributed by atoms with Gasteiger partial charge in [-0.05, 0) is 37.5 Å². The third kappa shape index (κ3) is 1.53. The molecule has 2 N–H and O–H groups in total. The molecule has 3 rings (SSSR count). The molecule has 0 unspecified atom stereocenters. The molecule has 2 heterocycles. The first-order valence-electron chi connectivity index (χ1n) is 5.43. The molecule has 0 amide bonds. The largest absolute Gasteiger partial charge is 0.394 e. The van der Waals surface area contributed by atoms with Crippen molar-refractivity contribution in [1.29, 1.82) is 0 Å². The topological polar surface area (TPSA) is 62.5 Å². The lowest BCUT2D eigenvalue weighted by Gasteiger charge is -2.11. The predicted molar refractivity (Wildman–Crippen MR) is 60.4 cm³/mol. The van der Waals surface area contributed by atoms with Crippen LogP contribution in [0.1, 0.15) is 18.4 Å². The van der Waals surface area contributed by atoms with Crippen LogP contribution in [0.5, 0.6) is 0 Å². The van der Waals surface area contributed by atoms with E-state index < -0.39 is 0 Å². The van der Waals surface area contributed by atoms with Crippen LogP contribution < -0.4 is 5.32 Å². The normalized spacial score (nSPS) is 17.6. The van der Waals surface area contributed by atoms with Gasteiger partial charge >= 0.3 is 0 Å². The Morgan fingerprint density at radius 3 is 3.06 bits per heavy atom. The van der Waals surface area contributed by atoms with Crippen molar-refractivity contribution in [1.82, 2.24) is 14.6 Å². The minimum absolute atomic E-state index is 0.140. The third-order valence-corrected chi connectivity index (χ3v) is 3.03. The van der Waals surface area contributed by atoms with Crippen LogP contribution in [0, 0.1) is 6.92 Å². The smallest absolute Gasteiger partial charge is 0.243 e. The number of hydrogen-bond acceptors (Lipinski definition) is 4. The Morgan fingerprint density at radius 2 is 2.38 bits per heavy atom. The Hall–Kier alpha value is -1.62. The van der Waals surface area contributed by atoms with E-state index in [1.807, 2.05) is 25.3 Å². The van der Waals surface area contributed by atoms with Gasteiger partial charge in [-0.1, -0.05) is 0 Å². The lowest BCUT2D eigenvalue weighted by Crippen LogP contribution is -2.26. The highest BCUT2D eigenvalue weighted by atomic mass is 16.3. The van der Waals surface area contributed by atoms with E-state index in [0.29, 0.717) is 5.95 Å². The highest BCUT2D eigenvalue weighted by molar-refractivity contribution is 5.46. The molecule has 5 heteroatoms. The lowest BCUT2D eigenvalue weighted by molar-refractivity contribution is 0.265. The summed E-state index contributed by atoms with van der Waals surface area (Å²) in [5.74, 6) is 0.595. The summed E-state index contributed by atoms with van der Waals surface area (Å²) in [4.78, 5) is 4.38. The second-order valence-corrected chi connectivity index (χ2v) is 4.51. The van der Waals surface area contributed by atoms with Gasteiger partial charge < -0.3 is 10.4 Å². The fourth-order valence-corrected chi connectivity index (χ4v) is 1.75. The molecule has 2 aromatic rings. The van der Waals surface area contributed by atoms with E-state index in [0.717, 1.165) is 24.1 Å². The molecule has 0 aliphatic heterocycles. The Bertz CT molecular complexity index is 530. The third-order valence-electron chi connectivity index (χ3n) is 3.03. The molecule has 16 heavy (non-hydrogen) atoms. The van der Waals surface area contributed by atoms with E-state index in [2.05, 4.69) is 15.4 Å². The van der Waals surface area contributed by atoms with Gasteiger partial charge in [-0.25, -0.2) is 4.52 Å². The van der Waals surface area contributed by atoms with E-state index in [4.69, 9.17) is 0 Å². The van der Waals surface area contributed by atoms with Gasteiger partial charge in [-0.3, -0.25) is 0 Å². The number of aromatic nitrogens is 3. The average molecular weight is 218 g/mol. The summed E-state index contributed by atoms with van der Waals surface area (Å²) in [5, 5.41) is 16.7. The number of hydrogen-bond donors (Lipinski definition) is 2. The minimum Gasteiger partial charge on any atom is -0.394 e. The van der Waals surface area contributed by atoms with E-state index in [1.165, 1.54) is 0 Å². The zero-order chi connectivity index (χ0) is 11.2. The minimum atomic E-state index is -0.167. The van der Waals surface area contributed by atoms with Crippen molar-refractivity contribution < 1.29 is 5.11 Å². The van der Waals surface area contributed by atoms with E-state index in [9.17, 15) is 5.11 Å². The Kier molecular flexibility index (Phi) is 1.91. The molecule has 1 saturated carbocycles. The average Bonchev–Trinajstić information content (AvgIpc) is 2.92. The summed E-state index contributed by atoms with van der Waals surface area (Å²) in [6, 6.07) is 3.97. The van der Waals surface area contributed by atoms with Crippen molar-refractivity contribution in [2.75, 3.05) is 11.9 Å². The molecular weight excluding hydrogens is 204 g/mol. The summed E-state index contributed by atoms with van der Waals surface area (Å²) in [5.41, 5.74) is 1.82. The zero-order valence-electron chi connectivity index (χ0n) is 9.14. The second-order valence-electron chi connectivity index (χ2n) is 4.51. The molecule has 0 saturated heterocycles. The number of aliphatic hydroxyl groups excluding tert-OH is 1. The number of fused-ring (bicyclic) bond motifs is 1. The van der Waals surface area contributed by atoms with Crippen molar-refractivity contribution in [2.45, 2.75) is 25.3 Å². The molecule has 0 aromatic carbocycles. The SMILES string of the molecule is Cc1ccn2nc(NC3(CO)CC3)nc2c1. The number of pyridine rings is 1. The van der Waals surface area contributed by atoms with Crippen LogP contribution >= 0.6 is 0 Å². The Morgan fingerprint density at radius 1 is 1.56 bits per heavy atom. The number of nitrogens with zero attached hydrogens (tertiary/aromatic N) is 3. The highest BCUT2D eigenvalue weighted by Crippen LogP contribution is 2.37. The quantitative estimate of drug-likeness (QED) is 0.806. The van der Waals surface area contributed by atoms with Gasteiger partial charge in [-0.15, -0.1) is 5.10 Å². The van der Waals surface area contributed by atoms with Crippen LogP contribution in [0.25, 0.3) is 5.65 Å². The van der Waals surface area contributed by atoms with Gasteiger partial charge in [0.15, 0.2) is 5.65 Å². The molecule has 0 bridgehead atoms. The number of aryl methyl sites for hydroxylation is 1. The van der Waals surface area contributed by atoms with E-state index in [-0.39, 0.29) is 12.1 Å². The molecule has 84 valence electrons. The molecule has 1 aliphatic rings. The van der Waals surface area contributed by atoms with E-state index >= 15 is 0 Å². The van der Waals surface area contributed by atoms with Crippen molar-refractivity contribution in [3.63, 3.8) is 0 Å². The first-order valence-corrected chi connectivity index (χ1v) is 5.43. The maximum atomic E-state index is 9.21. The summed E-state index contributed by atoms with van der Waals surface area (Å²) >= 11 is 0. The number of aliphatic hydroxyl groups is 1. The van der Waals surface area contributed by atoms with Crippen molar-refractivity contribution in [3.8, 4) is 0 Å². The van der Waals surface area contributed by atoms with Gasteiger partial charge in [0.2, 0.25) is 5.95 Å². The second kappa shape index (κ2) is 3.18. The van der Waals surface area contributed by atoms with Crippen LogP contribution in [0.2, 0.25) is 0 Å². The highest BCUT2D eigenvalue weighted by Gasteiger charge is 2.42. The van der Waals surface area contributed by atoms with Crippen LogP contribution in [0.3, 0.4) is 0 Å². The number of anilines is 1. The first-order chi connectivity index (χ1) is 7.71. The van der Waals surface area contributed by atoms with Gasteiger partial charge in [-0.2, -0.15) is 4.98 Å². The van der Waals surface area contributed by atoms with Gasteiger partial charge in [0.25, 0.3) is 0 Å². The van der Waals surface area contributed by atoms with Crippen molar-refractivity contribution in [3.05, 3.63) is 23.9 Å². The Balaban J connectivity index is 1.93. The molecular formula is C11H14N4O. The molecule has 2 aromatic heterocycles. The number of rotatable bonds is 3. The summed E-state index contributed by atoms with van der Waals surface area (Å²) < 4.78 is 1.74. The fourth-order valence-electron chi connectivity index (χ4n) is 1.75. The molecule has 0 atom stereocenters. The Labute approximate surface area is 93.1 Å². The molecule has 5 nitrogen and oxygen atoms in total. The molecule has 1 aliphatic carbocycles. The summed E-state index contributed by atoms with van der Waals surface area (Å²) in [6.45, 7) is 2.17. The van der Waals surface area contributed by atoms with Crippen LogP contribution in [0.4, 0.5) is 5.95 Å². The fraction of sp³-hybridized carbons (Fsp3) is 0.455. The standard InChI is InChI=1S/C11H14N4O/c1-8-2-5-15-9(6-8)12-10(14-15)13-11(7-16)3-4-11/h2,5-6,16H,3-4,7H2,1H3,(H,13,14). The molecule has 1 fully saturated rings. The number of nitrogens with one attached hydrogen (secondary N) is 1. The maximum Gasteiger partial charge on any atom is 0.243 e. The van der Waals surface area contributed by atoms with Crippen LogP contribution in [-0.4, -0.2) is 31.9 Å². The summed E-state index contributed by atoms with van der Waals surface area (Å²) in [6.07, 6.45) is 3.86. The first kappa shape index (κ1) is 9.59. The van der Waals surface area contributed by atoms with E-state index in [1.54, 1.807) is 4.52 Å². The van der Waals surface area contributed by atoms with Crippen molar-refractivity contribution in [2.24, 2.45) is 0 Å². The maximum absolute atomic E-state index is 9.21. The van der Waals surface area contributed by atoms with Crippen LogP contribution in [-0.2, 0) is 0 Å². The van der Waals surface area contributed by atoms with Crippen LogP contribution in [0.15, 0.2) is 18.3 Å². The monoisotopic (exact) mass is 218 g/mol. The molecule has 0 spiro atoms. The molecule has 0 radical (unpaired) electrons. The predicted octanol–water partition coefficient (Wildman–Crippen LogP) is 0.975. The van der Waals surface area contributed by atoms with Crippen molar-refractivity contribution >= 4 is 11.6 Å². The lowest BCUT2D eigenvalue weighted by atomic mass is 10.3. The summed E-state index contributed by atoms with van der Waals surface area (Å²) in [7, 11) is 0. The van der Waals surface area contributed by atoms with Gasteiger partial charge in [0.05, 0.1) is 12.1 Å². The van der Waals surface area contributed by atoms with Gasteiger partial charge in [0, 0.05) is 6.20 Å². The zero-order valence-corrected chi connectivity index (χ0v) is 9.14.